The summed E-state index contributed by atoms with van der Waals surface area (Å²) in [4.78, 5) is 35.5. The Kier molecular flexibility index (Phi) is 9.52. The maximum Gasteiger partial charge on any atom is 0.337 e. The summed E-state index contributed by atoms with van der Waals surface area (Å²) in [5.41, 5.74) is 3.30. The van der Waals surface area contributed by atoms with E-state index in [2.05, 4.69) is 4.98 Å². The van der Waals surface area contributed by atoms with E-state index in [0.29, 0.717) is 45.7 Å². The van der Waals surface area contributed by atoms with Crippen molar-refractivity contribution in [2.45, 2.75) is 0 Å². The number of anilines is 1. The number of rotatable bonds is 11. The molecule has 0 bridgehead atoms. The van der Waals surface area contributed by atoms with Gasteiger partial charge in [0.15, 0.2) is 5.88 Å². The van der Waals surface area contributed by atoms with Crippen LogP contribution in [-0.4, -0.2) is 100 Å². The summed E-state index contributed by atoms with van der Waals surface area (Å²) in [6.45, 7) is -0.0372. The highest BCUT2D eigenvalue weighted by atomic mass is 32.2. The van der Waals surface area contributed by atoms with Crippen molar-refractivity contribution in [2.24, 2.45) is 4.99 Å². The summed E-state index contributed by atoms with van der Waals surface area (Å²) in [7, 11) is 4.20. The smallest absolute Gasteiger partial charge is 0.337 e. The predicted molar refractivity (Wildman–Crippen MR) is 168 cm³/mol. The van der Waals surface area contributed by atoms with Crippen LogP contribution in [0, 0.1) is 0 Å². The van der Waals surface area contributed by atoms with Gasteiger partial charge in [-0.25, -0.2) is 18.2 Å². The van der Waals surface area contributed by atoms with Crippen molar-refractivity contribution in [1.29, 1.82) is 0 Å². The Morgan fingerprint density at radius 2 is 1.60 bits per heavy atom. The van der Waals surface area contributed by atoms with Crippen molar-refractivity contribution in [2.75, 3.05) is 58.4 Å². The fourth-order valence-corrected chi connectivity index (χ4v) is 5.94. The third-order valence-electron chi connectivity index (χ3n) is 6.77. The molecule has 3 aromatic carbocycles. The van der Waals surface area contributed by atoms with E-state index in [9.17, 15) is 23.1 Å². The number of hydrogen-bond acceptors (Lipinski definition) is 8. The Morgan fingerprint density at radius 1 is 0.930 bits per heavy atom. The van der Waals surface area contributed by atoms with Gasteiger partial charge in [-0.1, -0.05) is 36.4 Å². The summed E-state index contributed by atoms with van der Waals surface area (Å²) < 4.78 is 32.5. The molecule has 0 spiro atoms. The third-order valence-corrected chi connectivity index (χ3v) is 8.48. The van der Waals surface area contributed by atoms with Gasteiger partial charge in [-0.15, -0.1) is 0 Å². The number of carbonyl (C=O) groups is 2. The first-order valence-electron chi connectivity index (χ1n) is 13.4. The van der Waals surface area contributed by atoms with Crippen molar-refractivity contribution in [1.82, 2.24) is 14.8 Å². The Hall–Kier alpha value is -4.68. The van der Waals surface area contributed by atoms with Gasteiger partial charge < -0.3 is 24.6 Å². The van der Waals surface area contributed by atoms with E-state index in [-0.39, 0.29) is 24.1 Å². The van der Waals surface area contributed by atoms with Gasteiger partial charge in [-0.3, -0.25) is 9.10 Å². The normalized spacial score (nSPS) is 12.0. The number of likely N-dealkylation sites (N-methyl/N-ethyl adjacent to an activating group) is 1. The molecule has 43 heavy (non-hydrogen) atoms. The van der Waals surface area contributed by atoms with Gasteiger partial charge in [-0.2, -0.15) is 0 Å². The van der Waals surface area contributed by atoms with E-state index in [4.69, 9.17) is 9.73 Å². The van der Waals surface area contributed by atoms with Crippen LogP contribution in [0.2, 0.25) is 0 Å². The number of nitrogens with zero attached hydrogens (tertiary/aromatic N) is 4. The van der Waals surface area contributed by atoms with Crippen molar-refractivity contribution in [3.05, 3.63) is 89.5 Å². The Bertz CT molecular complexity index is 1750. The summed E-state index contributed by atoms with van der Waals surface area (Å²) >= 11 is 0. The molecule has 0 saturated carbocycles. The van der Waals surface area contributed by atoms with Gasteiger partial charge in [0.05, 0.1) is 41.1 Å². The predicted octanol–water partition coefficient (Wildman–Crippen LogP) is 3.62. The maximum absolute atomic E-state index is 13.3. The lowest BCUT2D eigenvalue weighted by Crippen LogP contribution is -2.42. The van der Waals surface area contributed by atoms with Gasteiger partial charge >= 0.3 is 5.97 Å². The van der Waals surface area contributed by atoms with Crippen molar-refractivity contribution in [3.63, 3.8) is 0 Å². The number of benzene rings is 3. The van der Waals surface area contributed by atoms with E-state index < -0.39 is 16.0 Å². The second-order valence-corrected chi connectivity index (χ2v) is 12.4. The van der Waals surface area contributed by atoms with E-state index in [1.54, 1.807) is 75.6 Å². The van der Waals surface area contributed by atoms with Crippen LogP contribution in [0.5, 0.6) is 5.88 Å². The average Bonchev–Trinajstić information content (AvgIpc) is 3.32. The first-order valence-corrected chi connectivity index (χ1v) is 15.0. The zero-order valence-electron chi connectivity index (χ0n) is 24.7. The highest BCUT2D eigenvalue weighted by molar-refractivity contribution is 7.92. The number of nitrogens with one attached hydrogen (secondary N) is 1. The molecule has 11 nitrogen and oxygen atoms in total. The summed E-state index contributed by atoms with van der Waals surface area (Å²) in [6.07, 6.45) is 0. The fraction of sp³-hybridized carbons (Fsp3) is 0.258. The second kappa shape index (κ2) is 13.1. The molecule has 0 aliphatic heterocycles. The molecule has 2 N–H and O–H groups in total. The Labute approximate surface area is 251 Å². The van der Waals surface area contributed by atoms with Crippen LogP contribution in [0.3, 0.4) is 0 Å². The number of fused-ring (bicyclic) bond motifs is 1. The minimum Gasteiger partial charge on any atom is -0.494 e. The van der Waals surface area contributed by atoms with Crippen LogP contribution in [0.1, 0.15) is 21.5 Å². The lowest BCUT2D eigenvalue weighted by molar-refractivity contribution is -0.127. The first-order chi connectivity index (χ1) is 20.4. The van der Waals surface area contributed by atoms with Crippen LogP contribution in [0.4, 0.5) is 11.4 Å². The molecule has 0 aliphatic carbocycles. The molecule has 1 aromatic heterocycles. The minimum atomic E-state index is -3.82. The number of hydrogen-bond donors (Lipinski definition) is 2. The molecule has 4 rings (SSSR count). The molecule has 1 amide bonds. The standard InChI is InChI=1S/C31H35N5O6S/c1-34(2)17-18-43(40,41)36(20-27(37)35(3)4)24-14-12-23(13-15-24)32-29(21-9-7-6-8-10-21)28-25-16-11-22(31(39)42-5)19-26(25)33-30(28)38/h6-16,19,33,38H,17-18,20H2,1-5H3. The molecule has 0 saturated heterocycles. The van der Waals surface area contributed by atoms with Gasteiger partial charge in [0.2, 0.25) is 15.9 Å². The molecular weight excluding hydrogens is 570 g/mol. The number of ether oxygens (including phenoxy) is 1. The second-order valence-electron chi connectivity index (χ2n) is 10.4. The van der Waals surface area contributed by atoms with E-state index in [1.165, 1.54) is 12.0 Å². The quantitative estimate of drug-likeness (QED) is 0.197. The lowest BCUT2D eigenvalue weighted by atomic mass is 10.00. The number of aromatic nitrogens is 1. The van der Waals surface area contributed by atoms with Crippen LogP contribution >= 0.6 is 0 Å². The monoisotopic (exact) mass is 605 g/mol. The molecule has 12 heteroatoms. The zero-order chi connectivity index (χ0) is 31.3. The average molecular weight is 606 g/mol. The number of aromatic amines is 1. The molecule has 226 valence electrons. The van der Waals surface area contributed by atoms with Crippen LogP contribution in [0.15, 0.2) is 77.8 Å². The molecule has 0 atom stereocenters. The molecular formula is C31H35N5O6S. The summed E-state index contributed by atoms with van der Waals surface area (Å²) in [5, 5.41) is 11.6. The summed E-state index contributed by atoms with van der Waals surface area (Å²) in [6, 6.07) is 20.8. The van der Waals surface area contributed by atoms with Crippen LogP contribution in [-0.2, 0) is 19.6 Å². The van der Waals surface area contributed by atoms with Crippen molar-refractivity contribution in [3.8, 4) is 5.88 Å². The van der Waals surface area contributed by atoms with Gasteiger partial charge in [-0.05, 0) is 50.5 Å². The highest BCUT2D eigenvalue weighted by Crippen LogP contribution is 2.33. The molecule has 0 aliphatic rings. The molecule has 4 aromatic rings. The Balaban J connectivity index is 1.79. The number of esters is 1. The van der Waals surface area contributed by atoms with Gasteiger partial charge in [0.25, 0.3) is 0 Å². The zero-order valence-corrected chi connectivity index (χ0v) is 25.6. The number of amides is 1. The lowest BCUT2D eigenvalue weighted by Gasteiger charge is -2.26. The molecule has 0 unspecified atom stereocenters. The van der Waals surface area contributed by atoms with E-state index >= 15 is 0 Å². The van der Waals surface area contributed by atoms with E-state index in [1.807, 2.05) is 30.3 Å². The van der Waals surface area contributed by atoms with Gasteiger partial charge in [0, 0.05) is 37.1 Å². The Morgan fingerprint density at radius 3 is 2.21 bits per heavy atom. The maximum atomic E-state index is 13.3. The minimum absolute atomic E-state index is 0.128. The third kappa shape index (κ3) is 7.22. The van der Waals surface area contributed by atoms with Crippen molar-refractivity contribution >= 4 is 49.9 Å². The first kappa shape index (κ1) is 31.3. The number of methoxy groups -OCH3 is 1. The number of sulfonamides is 1. The topological polar surface area (TPSA) is 136 Å². The molecule has 1 heterocycles. The van der Waals surface area contributed by atoms with Crippen molar-refractivity contribution < 1.29 is 27.9 Å². The molecule has 0 fully saturated rings. The van der Waals surface area contributed by atoms with Crippen LogP contribution < -0.4 is 4.31 Å². The van der Waals surface area contributed by atoms with E-state index in [0.717, 1.165) is 9.87 Å². The fourth-order valence-electron chi connectivity index (χ4n) is 4.37. The number of carbonyl (C=O) groups excluding carboxylic acids is 2. The number of H-pyrrole nitrogens is 1. The molecule has 0 radical (unpaired) electrons. The number of aliphatic imine (C=N–C) groups is 1. The van der Waals surface area contributed by atoms with Crippen LogP contribution in [0.25, 0.3) is 10.9 Å². The van der Waals surface area contributed by atoms with Gasteiger partial charge in [0.1, 0.15) is 6.54 Å². The number of aromatic hydroxyl groups is 1. The SMILES string of the molecule is COC(=O)c1ccc2c(C(=Nc3ccc(N(CC(=O)N(C)C)S(=O)(=O)CCN(C)C)cc3)c3ccccc3)c(O)[nH]c2c1. The summed E-state index contributed by atoms with van der Waals surface area (Å²) in [5.74, 6) is -1.14. The largest absolute Gasteiger partial charge is 0.494 e. The highest BCUT2D eigenvalue weighted by Gasteiger charge is 2.26.